The molecule has 3 aromatic rings. The van der Waals surface area contributed by atoms with Gasteiger partial charge in [-0.2, -0.15) is 5.10 Å². The van der Waals surface area contributed by atoms with Gasteiger partial charge in [-0.25, -0.2) is 8.42 Å². The Balaban J connectivity index is 1.34. The molecular formula is C22H25N3O2S. The van der Waals surface area contributed by atoms with Gasteiger partial charge in [0.05, 0.1) is 17.7 Å². The summed E-state index contributed by atoms with van der Waals surface area (Å²) in [6.07, 6.45) is 4.97. The Morgan fingerprint density at radius 1 is 0.857 bits per heavy atom. The Kier molecular flexibility index (Phi) is 5.59. The third-order valence-electron chi connectivity index (χ3n) is 5.24. The van der Waals surface area contributed by atoms with Crippen LogP contribution in [0, 0.1) is 0 Å². The standard InChI is InChI=1S/C22H25N3O2S/c26-28(27)14-12-24(13-15-28)17-20-6-8-21(9-7-20)22-16-23-25(18-22)11-10-19-4-2-1-3-5-19/h1-9,16,18H,10-15,17H2. The van der Waals surface area contributed by atoms with Crippen molar-refractivity contribution in [1.29, 1.82) is 0 Å². The quantitative estimate of drug-likeness (QED) is 0.644. The van der Waals surface area contributed by atoms with E-state index in [0.717, 1.165) is 30.6 Å². The summed E-state index contributed by atoms with van der Waals surface area (Å²) in [4.78, 5) is 2.21. The molecule has 0 saturated carbocycles. The Labute approximate surface area is 166 Å². The van der Waals surface area contributed by atoms with Crippen LogP contribution in [-0.4, -0.2) is 47.7 Å². The van der Waals surface area contributed by atoms with Gasteiger partial charge in [-0.05, 0) is 23.1 Å². The molecule has 6 heteroatoms. The second-order valence-corrected chi connectivity index (χ2v) is 9.66. The highest BCUT2D eigenvalue weighted by atomic mass is 32.2. The van der Waals surface area contributed by atoms with Gasteiger partial charge in [0.1, 0.15) is 0 Å². The van der Waals surface area contributed by atoms with Gasteiger partial charge in [0.15, 0.2) is 9.84 Å². The highest BCUT2D eigenvalue weighted by molar-refractivity contribution is 7.91. The molecule has 0 bridgehead atoms. The van der Waals surface area contributed by atoms with Gasteiger partial charge in [0, 0.05) is 37.9 Å². The SMILES string of the molecule is O=S1(=O)CCN(Cc2ccc(-c3cnn(CCc4ccccc4)c3)cc2)CC1. The lowest BCUT2D eigenvalue weighted by molar-refractivity contribution is 0.287. The first-order valence-electron chi connectivity index (χ1n) is 9.66. The molecule has 5 nitrogen and oxygen atoms in total. The third kappa shape index (κ3) is 4.88. The lowest BCUT2D eigenvalue weighted by Gasteiger charge is -2.26. The molecule has 0 aliphatic carbocycles. The molecule has 2 aromatic carbocycles. The highest BCUT2D eigenvalue weighted by Crippen LogP contribution is 2.20. The molecule has 0 spiro atoms. The number of benzene rings is 2. The molecule has 0 amide bonds. The maximum atomic E-state index is 11.5. The van der Waals surface area contributed by atoms with Crippen LogP contribution in [0.1, 0.15) is 11.1 Å². The van der Waals surface area contributed by atoms with Crippen molar-refractivity contribution in [3.63, 3.8) is 0 Å². The largest absolute Gasteiger partial charge is 0.297 e. The normalized spacial score (nSPS) is 16.9. The van der Waals surface area contributed by atoms with Crippen LogP contribution in [0.25, 0.3) is 11.1 Å². The van der Waals surface area contributed by atoms with Crippen molar-refractivity contribution >= 4 is 9.84 Å². The zero-order chi connectivity index (χ0) is 19.4. The molecule has 0 atom stereocenters. The summed E-state index contributed by atoms with van der Waals surface area (Å²) in [5, 5.41) is 4.49. The number of hydrogen-bond acceptors (Lipinski definition) is 4. The van der Waals surface area contributed by atoms with E-state index in [1.165, 1.54) is 11.1 Å². The summed E-state index contributed by atoms with van der Waals surface area (Å²) in [7, 11) is -2.82. The number of rotatable bonds is 6. The highest BCUT2D eigenvalue weighted by Gasteiger charge is 2.21. The molecular weight excluding hydrogens is 370 g/mol. The average Bonchev–Trinajstić information content (AvgIpc) is 3.18. The molecule has 0 N–H and O–H groups in total. The fourth-order valence-corrected chi connectivity index (χ4v) is 4.77. The summed E-state index contributed by atoms with van der Waals surface area (Å²) in [5.41, 5.74) is 4.79. The second-order valence-electron chi connectivity index (χ2n) is 7.35. The minimum Gasteiger partial charge on any atom is -0.297 e. The van der Waals surface area contributed by atoms with Gasteiger partial charge in [-0.3, -0.25) is 9.58 Å². The van der Waals surface area contributed by atoms with Crippen molar-refractivity contribution in [3.05, 3.63) is 78.1 Å². The van der Waals surface area contributed by atoms with Gasteiger partial charge in [-0.15, -0.1) is 0 Å². The van der Waals surface area contributed by atoms with Crippen molar-refractivity contribution in [2.75, 3.05) is 24.6 Å². The zero-order valence-corrected chi connectivity index (χ0v) is 16.7. The van der Waals surface area contributed by atoms with Crippen molar-refractivity contribution in [2.45, 2.75) is 19.5 Å². The molecule has 1 aliphatic heterocycles. The minimum atomic E-state index is -2.82. The first kappa shape index (κ1) is 18.9. The minimum absolute atomic E-state index is 0.271. The van der Waals surface area contributed by atoms with Crippen LogP contribution in [0.4, 0.5) is 0 Å². The Bertz CT molecular complexity index is 997. The number of sulfone groups is 1. The monoisotopic (exact) mass is 395 g/mol. The number of nitrogens with zero attached hydrogens (tertiary/aromatic N) is 3. The van der Waals surface area contributed by atoms with Gasteiger partial charge < -0.3 is 0 Å². The van der Waals surface area contributed by atoms with E-state index in [-0.39, 0.29) is 11.5 Å². The van der Waals surface area contributed by atoms with Crippen LogP contribution < -0.4 is 0 Å². The van der Waals surface area contributed by atoms with Gasteiger partial charge in [0.25, 0.3) is 0 Å². The number of aromatic nitrogens is 2. The van der Waals surface area contributed by atoms with E-state index in [2.05, 4.69) is 64.7 Å². The molecule has 2 heterocycles. The van der Waals surface area contributed by atoms with Crippen molar-refractivity contribution in [1.82, 2.24) is 14.7 Å². The van der Waals surface area contributed by atoms with E-state index in [1.807, 2.05) is 16.9 Å². The van der Waals surface area contributed by atoms with Gasteiger partial charge in [0.2, 0.25) is 0 Å². The summed E-state index contributed by atoms with van der Waals surface area (Å²) < 4.78 is 25.1. The Morgan fingerprint density at radius 2 is 1.57 bits per heavy atom. The predicted octanol–water partition coefficient (Wildman–Crippen LogP) is 3.02. The summed E-state index contributed by atoms with van der Waals surface area (Å²) in [6.45, 7) is 2.91. The van der Waals surface area contributed by atoms with Crippen molar-refractivity contribution in [2.24, 2.45) is 0 Å². The van der Waals surface area contributed by atoms with Crippen molar-refractivity contribution in [3.8, 4) is 11.1 Å². The lowest BCUT2D eigenvalue weighted by atomic mass is 10.1. The second kappa shape index (κ2) is 8.29. The third-order valence-corrected chi connectivity index (χ3v) is 6.85. The molecule has 1 aromatic heterocycles. The topological polar surface area (TPSA) is 55.2 Å². The molecule has 4 rings (SSSR count). The maximum Gasteiger partial charge on any atom is 0.152 e. The smallest absolute Gasteiger partial charge is 0.152 e. The molecule has 28 heavy (non-hydrogen) atoms. The fourth-order valence-electron chi connectivity index (χ4n) is 3.49. The summed E-state index contributed by atoms with van der Waals surface area (Å²) in [6, 6.07) is 18.9. The van der Waals surface area contributed by atoms with E-state index in [0.29, 0.717) is 13.1 Å². The van der Waals surface area contributed by atoms with Crippen LogP contribution in [0.15, 0.2) is 67.0 Å². The van der Waals surface area contributed by atoms with E-state index < -0.39 is 9.84 Å². The van der Waals surface area contributed by atoms with E-state index in [1.54, 1.807) is 0 Å². The Morgan fingerprint density at radius 3 is 2.29 bits per heavy atom. The van der Waals surface area contributed by atoms with Crippen LogP contribution in [0.2, 0.25) is 0 Å². The summed E-state index contributed by atoms with van der Waals surface area (Å²) >= 11 is 0. The first-order valence-corrected chi connectivity index (χ1v) is 11.5. The first-order chi connectivity index (χ1) is 13.6. The summed E-state index contributed by atoms with van der Waals surface area (Å²) in [5.74, 6) is 0.542. The maximum absolute atomic E-state index is 11.5. The molecule has 1 aliphatic rings. The predicted molar refractivity (Wildman–Crippen MR) is 112 cm³/mol. The number of hydrogen-bond donors (Lipinski definition) is 0. The van der Waals surface area contributed by atoms with Crippen LogP contribution >= 0.6 is 0 Å². The van der Waals surface area contributed by atoms with Crippen LogP contribution in [0.3, 0.4) is 0 Å². The van der Waals surface area contributed by atoms with Crippen LogP contribution in [-0.2, 0) is 29.3 Å². The Hall–Kier alpha value is -2.44. The molecule has 146 valence electrons. The molecule has 1 saturated heterocycles. The van der Waals surface area contributed by atoms with E-state index >= 15 is 0 Å². The van der Waals surface area contributed by atoms with E-state index in [4.69, 9.17) is 0 Å². The van der Waals surface area contributed by atoms with Crippen LogP contribution in [0.5, 0.6) is 0 Å². The average molecular weight is 396 g/mol. The number of aryl methyl sites for hydroxylation is 2. The van der Waals surface area contributed by atoms with Gasteiger partial charge in [-0.1, -0.05) is 54.6 Å². The lowest BCUT2D eigenvalue weighted by Crippen LogP contribution is -2.39. The van der Waals surface area contributed by atoms with E-state index in [9.17, 15) is 8.42 Å². The molecule has 0 unspecified atom stereocenters. The fraction of sp³-hybridized carbons (Fsp3) is 0.318. The molecule has 1 fully saturated rings. The molecule has 0 radical (unpaired) electrons. The zero-order valence-electron chi connectivity index (χ0n) is 15.9. The van der Waals surface area contributed by atoms with Gasteiger partial charge >= 0.3 is 0 Å². The van der Waals surface area contributed by atoms with Crippen molar-refractivity contribution < 1.29 is 8.42 Å².